The Morgan fingerprint density at radius 1 is 1.43 bits per heavy atom. The molecule has 0 atom stereocenters. The van der Waals surface area contributed by atoms with Gasteiger partial charge in [-0.1, -0.05) is 15.9 Å². The first-order valence-electron chi connectivity index (χ1n) is 6.39. The number of hydrazone groups is 1. The highest BCUT2D eigenvalue weighted by Crippen LogP contribution is 2.24. The van der Waals surface area contributed by atoms with Gasteiger partial charge in [-0.25, -0.2) is 5.43 Å². The minimum atomic E-state index is -0.352. The first-order valence-corrected chi connectivity index (χ1v) is 7.18. The van der Waals surface area contributed by atoms with Crippen LogP contribution in [0.1, 0.15) is 30.0 Å². The van der Waals surface area contributed by atoms with Crippen LogP contribution in [0.3, 0.4) is 0 Å². The Bertz CT molecular complexity index is 636. The number of amides is 1. The molecule has 110 valence electrons. The van der Waals surface area contributed by atoms with Gasteiger partial charge in [-0.2, -0.15) is 5.10 Å². The van der Waals surface area contributed by atoms with Gasteiger partial charge in [-0.15, -0.1) is 0 Å². The topological polar surface area (TPSA) is 63.8 Å². The smallest absolute Gasteiger partial charge is 0.275 e. The van der Waals surface area contributed by atoms with Crippen LogP contribution in [0.5, 0.6) is 5.75 Å². The average Bonchev–Trinajstić information content (AvgIpc) is 2.93. The first kappa shape index (κ1) is 15.3. The molecule has 0 aliphatic carbocycles. The van der Waals surface area contributed by atoms with Crippen molar-refractivity contribution in [3.63, 3.8) is 0 Å². The number of halogens is 1. The predicted octanol–water partition coefficient (Wildman–Crippen LogP) is 3.59. The van der Waals surface area contributed by atoms with Crippen molar-refractivity contribution in [2.24, 2.45) is 5.10 Å². The van der Waals surface area contributed by atoms with Gasteiger partial charge in [0.05, 0.1) is 24.1 Å². The molecule has 21 heavy (non-hydrogen) atoms. The van der Waals surface area contributed by atoms with Gasteiger partial charge in [0.25, 0.3) is 5.91 Å². The third kappa shape index (κ3) is 4.46. The lowest BCUT2D eigenvalue weighted by Gasteiger charge is -2.13. The van der Waals surface area contributed by atoms with Crippen molar-refractivity contribution in [1.29, 1.82) is 0 Å². The van der Waals surface area contributed by atoms with Crippen LogP contribution in [-0.4, -0.2) is 18.2 Å². The monoisotopic (exact) mass is 350 g/mol. The van der Waals surface area contributed by atoms with Gasteiger partial charge in [0.15, 0.2) is 0 Å². The van der Waals surface area contributed by atoms with E-state index in [2.05, 4.69) is 26.5 Å². The van der Waals surface area contributed by atoms with Gasteiger partial charge < -0.3 is 9.15 Å². The van der Waals surface area contributed by atoms with Crippen LogP contribution in [-0.2, 0) is 0 Å². The van der Waals surface area contributed by atoms with Crippen molar-refractivity contribution in [3.05, 3.63) is 52.4 Å². The fourth-order valence-electron chi connectivity index (χ4n) is 1.62. The third-order valence-electron chi connectivity index (χ3n) is 2.45. The molecule has 0 aliphatic rings. The molecule has 0 unspecified atom stereocenters. The highest BCUT2D eigenvalue weighted by Gasteiger charge is 2.13. The number of furan rings is 1. The van der Waals surface area contributed by atoms with E-state index in [0.717, 1.165) is 4.47 Å². The SMILES string of the molecule is CC(C)Oc1ccc(Br)cc1C(=O)N/N=C/c1ccco1. The Morgan fingerprint density at radius 2 is 2.24 bits per heavy atom. The van der Waals surface area contributed by atoms with Gasteiger partial charge in [-0.3, -0.25) is 4.79 Å². The van der Waals surface area contributed by atoms with E-state index in [0.29, 0.717) is 17.1 Å². The number of nitrogens with one attached hydrogen (secondary N) is 1. The molecule has 0 radical (unpaired) electrons. The summed E-state index contributed by atoms with van der Waals surface area (Å²) in [5, 5.41) is 3.85. The lowest BCUT2D eigenvalue weighted by atomic mass is 10.2. The zero-order chi connectivity index (χ0) is 15.2. The van der Waals surface area contributed by atoms with E-state index in [1.807, 2.05) is 19.9 Å². The molecular weight excluding hydrogens is 336 g/mol. The molecule has 2 rings (SSSR count). The second kappa shape index (κ2) is 7.08. The quantitative estimate of drug-likeness (QED) is 0.661. The molecule has 0 saturated heterocycles. The van der Waals surface area contributed by atoms with E-state index in [-0.39, 0.29) is 12.0 Å². The van der Waals surface area contributed by atoms with E-state index in [1.165, 1.54) is 12.5 Å². The second-order valence-electron chi connectivity index (χ2n) is 4.52. The molecule has 0 spiro atoms. The number of nitrogens with zero attached hydrogens (tertiary/aromatic N) is 1. The summed E-state index contributed by atoms with van der Waals surface area (Å²) in [5.41, 5.74) is 2.86. The van der Waals surface area contributed by atoms with Crippen LogP contribution < -0.4 is 10.2 Å². The van der Waals surface area contributed by atoms with Crippen LogP contribution in [0.4, 0.5) is 0 Å². The van der Waals surface area contributed by atoms with Crippen molar-refractivity contribution >= 4 is 28.1 Å². The fraction of sp³-hybridized carbons (Fsp3) is 0.200. The molecule has 1 aromatic heterocycles. The zero-order valence-corrected chi connectivity index (χ0v) is 13.3. The molecule has 1 amide bonds. The molecule has 6 heteroatoms. The summed E-state index contributed by atoms with van der Waals surface area (Å²) in [6, 6.07) is 8.74. The van der Waals surface area contributed by atoms with E-state index < -0.39 is 0 Å². The Morgan fingerprint density at radius 3 is 2.90 bits per heavy atom. The van der Waals surface area contributed by atoms with E-state index >= 15 is 0 Å². The van der Waals surface area contributed by atoms with E-state index in [1.54, 1.807) is 24.3 Å². The molecular formula is C15H15BrN2O3. The second-order valence-corrected chi connectivity index (χ2v) is 5.44. The van der Waals surface area contributed by atoms with E-state index in [9.17, 15) is 4.79 Å². The van der Waals surface area contributed by atoms with Gasteiger partial charge in [0.1, 0.15) is 11.5 Å². The minimum absolute atomic E-state index is 0.0238. The van der Waals surface area contributed by atoms with Gasteiger partial charge in [-0.05, 0) is 44.2 Å². The molecule has 1 N–H and O–H groups in total. The highest BCUT2D eigenvalue weighted by atomic mass is 79.9. The number of hydrogen-bond donors (Lipinski definition) is 1. The first-order chi connectivity index (χ1) is 10.1. The summed E-state index contributed by atoms with van der Waals surface area (Å²) >= 11 is 3.34. The highest BCUT2D eigenvalue weighted by molar-refractivity contribution is 9.10. The standard InChI is InChI=1S/C15H15BrN2O3/c1-10(2)21-14-6-5-11(16)8-13(14)15(19)18-17-9-12-4-3-7-20-12/h3-10H,1-2H3,(H,18,19)/b17-9+. The van der Waals surface area contributed by atoms with Gasteiger partial charge in [0.2, 0.25) is 0 Å². The summed E-state index contributed by atoms with van der Waals surface area (Å²) < 4.78 is 11.5. The number of hydrogen-bond acceptors (Lipinski definition) is 4. The summed E-state index contributed by atoms with van der Waals surface area (Å²) in [6.45, 7) is 3.80. The molecule has 0 saturated carbocycles. The number of carbonyl (C=O) groups is 1. The van der Waals surface area contributed by atoms with E-state index in [4.69, 9.17) is 9.15 Å². The summed E-state index contributed by atoms with van der Waals surface area (Å²) in [7, 11) is 0. The largest absolute Gasteiger partial charge is 0.490 e. The number of rotatable bonds is 5. The maximum atomic E-state index is 12.2. The molecule has 0 aliphatic heterocycles. The van der Waals surface area contributed by atoms with Crippen LogP contribution in [0.2, 0.25) is 0 Å². The lowest BCUT2D eigenvalue weighted by Crippen LogP contribution is -2.20. The summed E-state index contributed by atoms with van der Waals surface area (Å²) in [6.07, 6.45) is 2.94. The van der Waals surface area contributed by atoms with Crippen molar-refractivity contribution in [3.8, 4) is 5.75 Å². The Kier molecular flexibility index (Phi) is 5.16. The molecule has 1 heterocycles. The fourth-order valence-corrected chi connectivity index (χ4v) is 1.98. The predicted molar refractivity (Wildman–Crippen MR) is 83.7 cm³/mol. The summed E-state index contributed by atoms with van der Waals surface area (Å²) in [5.74, 6) is 0.719. The van der Waals surface area contributed by atoms with Crippen LogP contribution in [0.25, 0.3) is 0 Å². The van der Waals surface area contributed by atoms with Gasteiger partial charge >= 0.3 is 0 Å². The van der Waals surface area contributed by atoms with Gasteiger partial charge in [0, 0.05) is 4.47 Å². The maximum Gasteiger partial charge on any atom is 0.275 e. The van der Waals surface area contributed by atoms with Crippen LogP contribution in [0.15, 0.2) is 50.6 Å². The zero-order valence-electron chi connectivity index (χ0n) is 11.7. The number of benzene rings is 1. The molecule has 0 bridgehead atoms. The Balaban J connectivity index is 2.12. The lowest BCUT2D eigenvalue weighted by molar-refractivity contribution is 0.0949. The van der Waals surface area contributed by atoms with Crippen molar-refractivity contribution in [2.75, 3.05) is 0 Å². The van der Waals surface area contributed by atoms with Crippen LogP contribution in [0, 0.1) is 0 Å². The Hall–Kier alpha value is -2.08. The van der Waals surface area contributed by atoms with Crippen molar-refractivity contribution < 1.29 is 13.9 Å². The van der Waals surface area contributed by atoms with Crippen molar-refractivity contribution in [2.45, 2.75) is 20.0 Å². The third-order valence-corrected chi connectivity index (χ3v) is 2.94. The maximum absolute atomic E-state index is 12.2. The minimum Gasteiger partial charge on any atom is -0.490 e. The molecule has 5 nitrogen and oxygen atoms in total. The molecule has 2 aromatic rings. The number of ether oxygens (including phenoxy) is 1. The number of carbonyl (C=O) groups excluding carboxylic acids is 1. The average molecular weight is 351 g/mol. The van der Waals surface area contributed by atoms with Crippen LogP contribution >= 0.6 is 15.9 Å². The summed E-state index contributed by atoms with van der Waals surface area (Å²) in [4.78, 5) is 12.2. The van der Waals surface area contributed by atoms with Crippen molar-refractivity contribution in [1.82, 2.24) is 5.43 Å². The molecule has 1 aromatic carbocycles. The Labute approximate surface area is 131 Å². The normalized spacial score (nSPS) is 11.0. The molecule has 0 fully saturated rings.